The van der Waals surface area contributed by atoms with Crippen LogP contribution in [0.2, 0.25) is 5.02 Å². The van der Waals surface area contributed by atoms with Crippen molar-refractivity contribution in [3.05, 3.63) is 40.8 Å². The quantitative estimate of drug-likeness (QED) is 0.313. The molecule has 2 aromatic carbocycles. The first-order chi connectivity index (χ1) is 19.1. The molecule has 5 rings (SSSR count). The van der Waals surface area contributed by atoms with Gasteiger partial charge in [-0.2, -0.15) is 15.1 Å². The van der Waals surface area contributed by atoms with Crippen LogP contribution in [0.3, 0.4) is 0 Å². The molecule has 1 saturated heterocycles. The molecule has 4 aromatic rings. The molecule has 0 unspecified atom stereocenters. The van der Waals surface area contributed by atoms with Gasteiger partial charge in [0.05, 0.1) is 23.3 Å². The van der Waals surface area contributed by atoms with E-state index >= 15 is 4.39 Å². The van der Waals surface area contributed by atoms with Crippen molar-refractivity contribution in [3.63, 3.8) is 0 Å². The van der Waals surface area contributed by atoms with E-state index < -0.39 is 5.82 Å². The Kier molecular flexibility index (Phi) is 7.83. The van der Waals surface area contributed by atoms with Gasteiger partial charge in [-0.1, -0.05) is 17.7 Å². The third-order valence-corrected chi connectivity index (χ3v) is 7.87. The fourth-order valence-electron chi connectivity index (χ4n) is 5.54. The zero-order valence-corrected chi connectivity index (χ0v) is 24.5. The minimum absolute atomic E-state index is 0.0268. The number of aryl methyl sites for hydroxylation is 1. The molecule has 40 heavy (non-hydrogen) atoms. The number of aromatic nitrogens is 4. The lowest BCUT2D eigenvalue weighted by Crippen LogP contribution is -2.58. The number of anilines is 1. The Morgan fingerprint density at radius 3 is 2.67 bits per heavy atom. The van der Waals surface area contributed by atoms with Gasteiger partial charge in [0, 0.05) is 60.5 Å². The Bertz CT molecular complexity index is 1570. The van der Waals surface area contributed by atoms with Crippen molar-refractivity contribution in [3.8, 4) is 17.1 Å². The summed E-state index contributed by atoms with van der Waals surface area (Å²) in [4.78, 5) is 27.6. The Morgan fingerprint density at radius 2 is 1.95 bits per heavy atom. The van der Waals surface area contributed by atoms with Gasteiger partial charge in [0.25, 0.3) is 0 Å². The molecule has 2 aromatic heterocycles. The van der Waals surface area contributed by atoms with Crippen LogP contribution in [0.1, 0.15) is 32.8 Å². The summed E-state index contributed by atoms with van der Waals surface area (Å²) in [7, 11) is 3.99. The smallest absolute Gasteiger partial charge is 0.319 e. The van der Waals surface area contributed by atoms with E-state index in [4.69, 9.17) is 21.3 Å². The number of hydrogen-bond donors (Lipinski definition) is 1. The first kappa shape index (κ1) is 28.0. The van der Waals surface area contributed by atoms with E-state index in [1.807, 2.05) is 51.9 Å². The molecular weight excluding hydrogens is 533 g/mol. The van der Waals surface area contributed by atoms with E-state index in [0.717, 1.165) is 29.4 Å². The van der Waals surface area contributed by atoms with E-state index in [2.05, 4.69) is 25.0 Å². The maximum absolute atomic E-state index is 16.7. The van der Waals surface area contributed by atoms with E-state index in [1.165, 1.54) is 0 Å². The minimum atomic E-state index is -0.538. The van der Waals surface area contributed by atoms with Crippen molar-refractivity contribution in [2.75, 3.05) is 45.2 Å². The van der Waals surface area contributed by atoms with Crippen LogP contribution in [0.15, 0.2) is 24.4 Å². The number of carbonyl (C=O) groups is 1. The molecule has 1 N–H and O–H groups in total. The number of aromatic amines is 1. The molecule has 11 heteroatoms. The van der Waals surface area contributed by atoms with Crippen LogP contribution in [0, 0.1) is 12.7 Å². The topological polar surface area (TPSA) is 90.5 Å². The highest BCUT2D eigenvalue weighted by atomic mass is 35.5. The highest BCUT2D eigenvalue weighted by Gasteiger charge is 2.33. The van der Waals surface area contributed by atoms with Gasteiger partial charge in [0.2, 0.25) is 5.91 Å². The summed E-state index contributed by atoms with van der Waals surface area (Å²) in [6, 6.07) is 5.57. The first-order valence-corrected chi connectivity index (χ1v) is 13.9. The minimum Gasteiger partial charge on any atom is -0.463 e. The molecule has 0 bridgehead atoms. The Hall–Kier alpha value is -3.50. The average Bonchev–Trinajstić information content (AvgIpc) is 3.37. The number of nitrogens with one attached hydrogen (secondary N) is 1. The van der Waals surface area contributed by atoms with Gasteiger partial charge in [-0.3, -0.25) is 9.89 Å². The number of benzene rings is 2. The molecule has 1 amide bonds. The van der Waals surface area contributed by atoms with Gasteiger partial charge in [-0.25, -0.2) is 4.39 Å². The monoisotopic (exact) mass is 567 g/mol. The number of halogens is 2. The molecule has 9 nitrogen and oxygen atoms in total. The molecule has 0 saturated carbocycles. The maximum atomic E-state index is 16.7. The van der Waals surface area contributed by atoms with E-state index in [-0.39, 0.29) is 40.1 Å². The maximum Gasteiger partial charge on any atom is 0.319 e. The van der Waals surface area contributed by atoms with Gasteiger partial charge in [-0.15, -0.1) is 0 Å². The van der Waals surface area contributed by atoms with Crippen LogP contribution >= 0.6 is 11.6 Å². The van der Waals surface area contributed by atoms with Crippen molar-refractivity contribution >= 4 is 45.1 Å². The number of rotatable bonds is 7. The second kappa shape index (κ2) is 11.2. The number of hydrogen-bond acceptors (Lipinski definition) is 7. The standard InChI is InChI=1S/C29H35ClFN7O2/c1-16-8-9-23-21(13-32-35-23)24(16)25-22(30)12-20-27(26(25)31)33-29(40-11-7-10-36(5)6)34-28(20)38-15-17(2)37(19(4)39)14-18(38)3/h8-9,12-13,17-18H,7,10-11,14-15H2,1-6H3,(H,32,35)/t17-,18+/m1/s1. The highest BCUT2D eigenvalue weighted by molar-refractivity contribution is 6.35. The number of fused-ring (bicyclic) bond motifs is 2. The van der Waals surface area contributed by atoms with Crippen LogP contribution in [-0.4, -0.2) is 88.3 Å². The summed E-state index contributed by atoms with van der Waals surface area (Å²) in [6.07, 6.45) is 2.45. The number of piperazine rings is 1. The fraction of sp³-hybridized carbons (Fsp3) is 0.448. The average molecular weight is 568 g/mol. The van der Waals surface area contributed by atoms with Gasteiger partial charge in [-0.05, 0) is 59.0 Å². The Labute approximate surface area is 238 Å². The van der Waals surface area contributed by atoms with E-state index in [9.17, 15) is 4.79 Å². The molecule has 1 fully saturated rings. The molecule has 3 heterocycles. The van der Waals surface area contributed by atoms with Crippen molar-refractivity contribution in [1.29, 1.82) is 0 Å². The second-order valence-corrected chi connectivity index (χ2v) is 11.3. The third-order valence-electron chi connectivity index (χ3n) is 7.57. The van der Waals surface area contributed by atoms with Crippen molar-refractivity contribution in [2.45, 2.75) is 46.2 Å². The molecule has 1 aliphatic heterocycles. The normalized spacial score (nSPS) is 17.8. The lowest BCUT2D eigenvalue weighted by atomic mass is 9.95. The molecule has 212 valence electrons. The number of ether oxygens (including phenoxy) is 1. The van der Waals surface area contributed by atoms with Crippen molar-refractivity contribution < 1.29 is 13.9 Å². The molecule has 0 spiro atoms. The molecular formula is C29H35ClFN7O2. The first-order valence-electron chi connectivity index (χ1n) is 13.5. The fourth-order valence-corrected chi connectivity index (χ4v) is 5.82. The van der Waals surface area contributed by atoms with Crippen molar-refractivity contribution in [1.82, 2.24) is 30.0 Å². The molecule has 1 aliphatic rings. The summed E-state index contributed by atoms with van der Waals surface area (Å²) in [6.45, 7) is 9.82. The van der Waals surface area contributed by atoms with E-state index in [1.54, 1.807) is 19.2 Å². The zero-order chi connectivity index (χ0) is 28.7. The number of H-pyrrole nitrogens is 1. The third kappa shape index (κ3) is 5.17. The number of nitrogens with zero attached hydrogens (tertiary/aromatic N) is 6. The van der Waals surface area contributed by atoms with Gasteiger partial charge in [0.1, 0.15) is 11.3 Å². The number of carbonyl (C=O) groups excluding carboxylic acids is 1. The summed E-state index contributed by atoms with van der Waals surface area (Å²) in [5.74, 6) is 0.0314. The van der Waals surface area contributed by atoms with Crippen LogP contribution in [0.25, 0.3) is 32.9 Å². The second-order valence-electron chi connectivity index (χ2n) is 10.9. The summed E-state index contributed by atoms with van der Waals surface area (Å²) >= 11 is 6.86. The predicted molar refractivity (Wildman–Crippen MR) is 157 cm³/mol. The van der Waals surface area contributed by atoms with E-state index in [0.29, 0.717) is 36.5 Å². The zero-order valence-electron chi connectivity index (χ0n) is 23.8. The molecule has 0 aliphatic carbocycles. The lowest BCUT2D eigenvalue weighted by molar-refractivity contribution is -0.131. The van der Waals surface area contributed by atoms with Gasteiger partial charge in [0.15, 0.2) is 5.82 Å². The Balaban J connectivity index is 1.67. The van der Waals surface area contributed by atoms with Crippen LogP contribution in [0.4, 0.5) is 10.2 Å². The molecule has 2 atom stereocenters. The highest BCUT2D eigenvalue weighted by Crippen LogP contribution is 2.42. The summed E-state index contributed by atoms with van der Waals surface area (Å²) < 4.78 is 22.6. The Morgan fingerprint density at radius 1 is 1.18 bits per heavy atom. The summed E-state index contributed by atoms with van der Waals surface area (Å²) in [5, 5.41) is 8.64. The summed E-state index contributed by atoms with van der Waals surface area (Å²) in [5.41, 5.74) is 2.73. The van der Waals surface area contributed by atoms with Crippen LogP contribution < -0.4 is 9.64 Å². The SMILES string of the molecule is CC(=O)N1C[C@H](C)N(c2nc(OCCCN(C)C)nc3c(F)c(-c4c(C)ccc5[nH]ncc45)c(Cl)cc23)C[C@H]1C. The van der Waals surface area contributed by atoms with Gasteiger partial charge < -0.3 is 19.4 Å². The van der Waals surface area contributed by atoms with Crippen LogP contribution in [-0.2, 0) is 4.79 Å². The lowest BCUT2D eigenvalue weighted by Gasteiger charge is -2.44. The number of amides is 1. The predicted octanol–water partition coefficient (Wildman–Crippen LogP) is 5.05. The largest absolute Gasteiger partial charge is 0.463 e. The molecule has 0 radical (unpaired) electrons. The van der Waals surface area contributed by atoms with Gasteiger partial charge >= 0.3 is 6.01 Å². The van der Waals surface area contributed by atoms with Crippen LogP contribution in [0.5, 0.6) is 6.01 Å². The van der Waals surface area contributed by atoms with Crippen molar-refractivity contribution in [2.24, 2.45) is 0 Å².